The maximum Gasteiger partial charge on any atom is 0.243 e. The lowest BCUT2D eigenvalue weighted by molar-refractivity contribution is 0.222. The number of likely N-dealkylation sites (N-methyl/N-ethyl adjacent to an activating group) is 1. The van der Waals surface area contributed by atoms with Gasteiger partial charge in [0.05, 0.1) is 4.90 Å². The van der Waals surface area contributed by atoms with Gasteiger partial charge in [-0.2, -0.15) is 4.31 Å². The molecule has 1 saturated heterocycles. The number of sulfonamides is 1. The van der Waals surface area contributed by atoms with Crippen molar-refractivity contribution in [2.45, 2.75) is 24.3 Å². The summed E-state index contributed by atoms with van der Waals surface area (Å²) in [5.74, 6) is 0.667. The molecule has 0 bridgehead atoms. The van der Waals surface area contributed by atoms with Crippen LogP contribution in [-0.2, 0) is 23.0 Å². The molecule has 0 aromatic heterocycles. The molecule has 7 nitrogen and oxygen atoms in total. The lowest BCUT2D eigenvalue weighted by Gasteiger charge is -2.32. The van der Waals surface area contributed by atoms with Gasteiger partial charge in [0.2, 0.25) is 10.0 Å². The molecule has 0 aliphatic carbocycles. The maximum absolute atomic E-state index is 13.2. The Kier molecular flexibility index (Phi) is 8.45. The summed E-state index contributed by atoms with van der Waals surface area (Å²) >= 11 is 0. The first-order chi connectivity index (χ1) is 15.0. The van der Waals surface area contributed by atoms with Crippen molar-refractivity contribution in [2.75, 3.05) is 46.8 Å². The molecule has 1 aliphatic rings. The van der Waals surface area contributed by atoms with Crippen LogP contribution >= 0.6 is 0 Å². The standard InChI is InChI=1S/C23H33N5O2S/c1-24-23(25-14-8-11-20-9-4-3-5-10-20)26-19-21-12-6-7-13-22(21)31(29,30)28-17-15-27(2)16-18-28/h3-7,9-10,12-13H,8,11,14-19H2,1-2H3,(H2,24,25,26). The van der Waals surface area contributed by atoms with Crippen LogP contribution in [0.15, 0.2) is 64.5 Å². The van der Waals surface area contributed by atoms with E-state index in [1.54, 1.807) is 23.5 Å². The summed E-state index contributed by atoms with van der Waals surface area (Å²) in [6.45, 7) is 3.71. The molecule has 2 N–H and O–H groups in total. The molecular weight excluding hydrogens is 410 g/mol. The molecule has 1 heterocycles. The van der Waals surface area contributed by atoms with Gasteiger partial charge < -0.3 is 15.5 Å². The van der Waals surface area contributed by atoms with Crippen molar-refractivity contribution in [2.24, 2.45) is 4.99 Å². The zero-order valence-electron chi connectivity index (χ0n) is 18.4. The predicted molar refractivity (Wildman–Crippen MR) is 126 cm³/mol. The van der Waals surface area contributed by atoms with Gasteiger partial charge in [-0.15, -0.1) is 0 Å². The van der Waals surface area contributed by atoms with E-state index in [-0.39, 0.29) is 0 Å². The molecule has 0 amide bonds. The van der Waals surface area contributed by atoms with Gasteiger partial charge in [0, 0.05) is 46.3 Å². The second kappa shape index (κ2) is 11.3. The summed E-state index contributed by atoms with van der Waals surface area (Å²) in [5, 5.41) is 6.56. The Morgan fingerprint density at radius 3 is 2.35 bits per heavy atom. The molecule has 3 rings (SSSR count). The molecule has 1 aliphatic heterocycles. The third-order valence-corrected chi connectivity index (χ3v) is 7.50. The van der Waals surface area contributed by atoms with E-state index >= 15 is 0 Å². The molecule has 168 valence electrons. The molecule has 0 atom stereocenters. The molecule has 0 unspecified atom stereocenters. The highest BCUT2D eigenvalue weighted by molar-refractivity contribution is 7.89. The average Bonchev–Trinajstić information content (AvgIpc) is 2.80. The lowest BCUT2D eigenvalue weighted by Crippen LogP contribution is -2.47. The fourth-order valence-corrected chi connectivity index (χ4v) is 5.26. The number of nitrogens with one attached hydrogen (secondary N) is 2. The molecule has 2 aromatic rings. The van der Waals surface area contributed by atoms with Crippen molar-refractivity contribution in [1.29, 1.82) is 0 Å². The second-order valence-electron chi connectivity index (χ2n) is 7.76. The molecule has 2 aromatic carbocycles. The highest BCUT2D eigenvalue weighted by atomic mass is 32.2. The first-order valence-corrected chi connectivity index (χ1v) is 12.2. The minimum Gasteiger partial charge on any atom is -0.356 e. The fraction of sp³-hybridized carbons (Fsp3) is 0.435. The Balaban J connectivity index is 1.56. The van der Waals surface area contributed by atoms with Crippen molar-refractivity contribution in [3.05, 3.63) is 65.7 Å². The van der Waals surface area contributed by atoms with Gasteiger partial charge in [0.1, 0.15) is 0 Å². The number of guanidine groups is 1. The summed E-state index contributed by atoms with van der Waals surface area (Å²) in [5.41, 5.74) is 2.06. The monoisotopic (exact) mass is 443 g/mol. The average molecular weight is 444 g/mol. The van der Waals surface area contributed by atoms with Gasteiger partial charge in [0.25, 0.3) is 0 Å². The summed E-state index contributed by atoms with van der Waals surface area (Å²) in [6, 6.07) is 17.6. The summed E-state index contributed by atoms with van der Waals surface area (Å²) < 4.78 is 28.0. The SMILES string of the molecule is CN=C(NCCCc1ccccc1)NCc1ccccc1S(=O)(=O)N1CCN(C)CC1. The Labute approximate surface area is 186 Å². The second-order valence-corrected chi connectivity index (χ2v) is 9.66. The Morgan fingerprint density at radius 2 is 1.65 bits per heavy atom. The van der Waals surface area contributed by atoms with E-state index < -0.39 is 10.0 Å². The molecule has 0 saturated carbocycles. The quantitative estimate of drug-likeness (QED) is 0.370. The van der Waals surface area contributed by atoms with E-state index in [2.05, 4.69) is 44.8 Å². The number of rotatable bonds is 8. The van der Waals surface area contributed by atoms with E-state index in [0.717, 1.165) is 38.0 Å². The fourth-order valence-electron chi connectivity index (χ4n) is 3.61. The number of nitrogens with zero attached hydrogens (tertiary/aromatic N) is 3. The number of aliphatic imine (C=N–C) groups is 1. The van der Waals surface area contributed by atoms with Crippen LogP contribution in [0.5, 0.6) is 0 Å². The number of hydrogen-bond acceptors (Lipinski definition) is 4. The normalized spacial score (nSPS) is 16.3. The summed E-state index contributed by atoms with van der Waals surface area (Å²) in [6.07, 6.45) is 1.98. The van der Waals surface area contributed by atoms with Crippen LogP contribution in [-0.4, -0.2) is 70.4 Å². The highest BCUT2D eigenvalue weighted by Crippen LogP contribution is 2.21. The van der Waals surface area contributed by atoms with Gasteiger partial charge >= 0.3 is 0 Å². The van der Waals surface area contributed by atoms with Crippen LogP contribution in [0.2, 0.25) is 0 Å². The number of piperazine rings is 1. The molecule has 0 spiro atoms. The third-order valence-electron chi connectivity index (χ3n) is 5.50. The molecule has 1 fully saturated rings. The topological polar surface area (TPSA) is 77.0 Å². The van der Waals surface area contributed by atoms with Crippen LogP contribution in [0.1, 0.15) is 17.5 Å². The Morgan fingerprint density at radius 1 is 0.968 bits per heavy atom. The van der Waals surface area contributed by atoms with Crippen molar-refractivity contribution in [3.8, 4) is 0 Å². The van der Waals surface area contributed by atoms with Crippen LogP contribution in [0.3, 0.4) is 0 Å². The van der Waals surface area contributed by atoms with Crippen molar-refractivity contribution < 1.29 is 8.42 Å². The summed E-state index contributed by atoms with van der Waals surface area (Å²) in [7, 11) is 0.220. The van der Waals surface area contributed by atoms with E-state index in [9.17, 15) is 8.42 Å². The van der Waals surface area contributed by atoms with E-state index in [0.29, 0.717) is 30.5 Å². The smallest absolute Gasteiger partial charge is 0.243 e. The van der Waals surface area contributed by atoms with E-state index in [1.165, 1.54) is 5.56 Å². The Hall–Kier alpha value is -2.42. The van der Waals surface area contributed by atoms with Crippen LogP contribution in [0, 0.1) is 0 Å². The van der Waals surface area contributed by atoms with Crippen LogP contribution < -0.4 is 10.6 Å². The van der Waals surface area contributed by atoms with Gasteiger partial charge in [0.15, 0.2) is 5.96 Å². The van der Waals surface area contributed by atoms with E-state index in [1.807, 2.05) is 25.2 Å². The lowest BCUT2D eigenvalue weighted by atomic mass is 10.1. The minimum absolute atomic E-state index is 0.367. The highest BCUT2D eigenvalue weighted by Gasteiger charge is 2.29. The zero-order valence-corrected chi connectivity index (χ0v) is 19.2. The van der Waals surface area contributed by atoms with Crippen molar-refractivity contribution in [3.63, 3.8) is 0 Å². The molecule has 31 heavy (non-hydrogen) atoms. The van der Waals surface area contributed by atoms with Crippen LogP contribution in [0.25, 0.3) is 0 Å². The van der Waals surface area contributed by atoms with Crippen LogP contribution in [0.4, 0.5) is 0 Å². The first-order valence-electron chi connectivity index (χ1n) is 10.8. The van der Waals surface area contributed by atoms with Gasteiger partial charge in [-0.3, -0.25) is 4.99 Å². The van der Waals surface area contributed by atoms with Gasteiger partial charge in [-0.1, -0.05) is 48.5 Å². The van der Waals surface area contributed by atoms with E-state index in [4.69, 9.17) is 0 Å². The number of hydrogen-bond donors (Lipinski definition) is 2. The molecule has 0 radical (unpaired) electrons. The minimum atomic E-state index is -3.52. The number of benzene rings is 2. The van der Waals surface area contributed by atoms with Gasteiger partial charge in [-0.25, -0.2) is 8.42 Å². The third kappa shape index (κ3) is 6.53. The van der Waals surface area contributed by atoms with Crippen molar-refractivity contribution >= 4 is 16.0 Å². The Bertz CT molecular complexity index is 955. The molecular formula is C23H33N5O2S. The predicted octanol–water partition coefficient (Wildman–Crippen LogP) is 1.92. The van der Waals surface area contributed by atoms with Crippen molar-refractivity contribution in [1.82, 2.24) is 19.8 Å². The zero-order chi connectivity index (χ0) is 22.1. The molecule has 8 heteroatoms. The maximum atomic E-state index is 13.2. The first kappa shape index (κ1) is 23.2. The van der Waals surface area contributed by atoms with Gasteiger partial charge in [-0.05, 0) is 37.1 Å². The summed E-state index contributed by atoms with van der Waals surface area (Å²) in [4.78, 5) is 6.78. The number of aryl methyl sites for hydroxylation is 1. The largest absolute Gasteiger partial charge is 0.356 e.